The van der Waals surface area contributed by atoms with Gasteiger partial charge in [-0.25, -0.2) is 0 Å². The first-order chi connectivity index (χ1) is 10.2. The van der Waals surface area contributed by atoms with Crippen molar-refractivity contribution in [1.82, 2.24) is 20.2 Å². The molecule has 0 saturated carbocycles. The van der Waals surface area contributed by atoms with E-state index in [1.54, 1.807) is 0 Å². The molecule has 0 aliphatic carbocycles. The van der Waals surface area contributed by atoms with Crippen LogP contribution in [0.2, 0.25) is 0 Å². The monoisotopic (exact) mass is 280 g/mol. The average molecular weight is 280 g/mol. The largest absolute Gasteiger partial charge is 0.378 e. The molecule has 1 atom stereocenters. The Morgan fingerprint density at radius 2 is 1.48 bits per heavy atom. The van der Waals surface area contributed by atoms with Gasteiger partial charge in [0, 0.05) is 0 Å². The number of rotatable bonds is 4. The maximum Gasteiger partial charge on any atom is 0.162 e. The molecule has 1 N–H and O–H groups in total. The summed E-state index contributed by atoms with van der Waals surface area (Å²) in [5.41, 5.74) is 0.352. The van der Waals surface area contributed by atoms with Crippen molar-refractivity contribution >= 4 is 0 Å². The van der Waals surface area contributed by atoms with Crippen molar-refractivity contribution in [3.8, 4) is 0 Å². The maximum atomic E-state index is 11.5. The quantitative estimate of drug-likeness (QED) is 0.795. The van der Waals surface area contributed by atoms with Crippen molar-refractivity contribution in [1.29, 1.82) is 0 Å². The van der Waals surface area contributed by atoms with Gasteiger partial charge in [-0.15, -0.1) is 10.2 Å². The third-order valence-electron chi connectivity index (χ3n) is 3.74. The first kappa shape index (κ1) is 13.5. The van der Waals surface area contributed by atoms with Crippen LogP contribution in [0.1, 0.15) is 24.1 Å². The molecule has 0 spiro atoms. The fraction of sp³-hybridized carbons (Fsp3) is 0.188. The van der Waals surface area contributed by atoms with Crippen LogP contribution in [0.5, 0.6) is 0 Å². The van der Waals surface area contributed by atoms with E-state index in [4.69, 9.17) is 0 Å². The Kier molecular flexibility index (Phi) is 3.50. The van der Waals surface area contributed by atoms with Crippen molar-refractivity contribution in [2.45, 2.75) is 18.6 Å². The van der Waals surface area contributed by atoms with Crippen LogP contribution >= 0.6 is 0 Å². The van der Waals surface area contributed by atoms with E-state index in [1.165, 1.54) is 11.1 Å². The van der Waals surface area contributed by atoms with Crippen molar-refractivity contribution in [3.05, 3.63) is 78.1 Å². The summed E-state index contributed by atoms with van der Waals surface area (Å²) in [4.78, 5) is 1.43. The second-order valence-corrected chi connectivity index (χ2v) is 4.93. The fourth-order valence-electron chi connectivity index (χ4n) is 2.55. The summed E-state index contributed by atoms with van der Waals surface area (Å²) < 4.78 is 0. The van der Waals surface area contributed by atoms with Gasteiger partial charge in [0.05, 0.1) is 0 Å². The van der Waals surface area contributed by atoms with E-state index in [0.29, 0.717) is 0 Å². The minimum absolute atomic E-state index is 0.398. The normalized spacial score (nSPS) is 13.0. The summed E-state index contributed by atoms with van der Waals surface area (Å²) in [5.74, 6) is 0. The van der Waals surface area contributed by atoms with E-state index in [1.807, 2.05) is 67.6 Å². The summed E-state index contributed by atoms with van der Waals surface area (Å²) in [6.45, 7) is 1.88. The SMILES string of the molecule is CC(n1ncnn1)C(O)(c1ccccc1)c1ccccc1. The molecule has 1 aromatic heterocycles. The topological polar surface area (TPSA) is 63.8 Å². The van der Waals surface area contributed by atoms with Crippen molar-refractivity contribution < 1.29 is 5.11 Å². The van der Waals surface area contributed by atoms with Crippen LogP contribution in [0.3, 0.4) is 0 Å². The standard InChI is InChI=1S/C16H16N4O/c1-13(20-18-12-17-19-20)16(21,14-8-4-2-5-9-14)15-10-6-3-7-11-15/h2-13,21H,1H3. The molecule has 0 radical (unpaired) electrons. The summed E-state index contributed by atoms with van der Waals surface area (Å²) in [6, 6.07) is 18.7. The highest BCUT2D eigenvalue weighted by atomic mass is 16.3. The number of hydrogen-bond donors (Lipinski definition) is 1. The number of hydrogen-bond acceptors (Lipinski definition) is 4. The Hall–Kier alpha value is -2.53. The molecule has 5 nitrogen and oxygen atoms in total. The molecule has 1 unspecified atom stereocenters. The van der Waals surface area contributed by atoms with E-state index >= 15 is 0 Å². The number of benzene rings is 2. The summed E-state index contributed by atoms with van der Waals surface area (Å²) >= 11 is 0. The molecular formula is C16H16N4O. The molecule has 0 saturated heterocycles. The fourth-order valence-corrected chi connectivity index (χ4v) is 2.55. The van der Waals surface area contributed by atoms with Crippen molar-refractivity contribution in [2.75, 3.05) is 0 Å². The van der Waals surface area contributed by atoms with Crippen LogP contribution in [0.15, 0.2) is 67.0 Å². The van der Waals surface area contributed by atoms with Crippen molar-refractivity contribution in [2.24, 2.45) is 0 Å². The Labute approximate surface area is 122 Å². The van der Waals surface area contributed by atoms with Crippen molar-refractivity contribution in [3.63, 3.8) is 0 Å². The van der Waals surface area contributed by atoms with Gasteiger partial charge in [0.1, 0.15) is 11.6 Å². The highest BCUT2D eigenvalue weighted by Gasteiger charge is 2.39. The predicted molar refractivity (Wildman–Crippen MR) is 78.4 cm³/mol. The minimum atomic E-state index is -1.23. The molecule has 2 aromatic carbocycles. The first-order valence-electron chi connectivity index (χ1n) is 6.79. The number of tetrazole rings is 1. The third kappa shape index (κ3) is 2.32. The number of nitrogens with zero attached hydrogens (tertiary/aromatic N) is 4. The summed E-state index contributed by atoms with van der Waals surface area (Å²) in [7, 11) is 0. The van der Waals surface area contributed by atoms with Gasteiger partial charge >= 0.3 is 0 Å². The van der Waals surface area contributed by atoms with Gasteiger partial charge in [-0.1, -0.05) is 60.7 Å². The van der Waals surface area contributed by atoms with E-state index in [2.05, 4.69) is 15.4 Å². The Bertz CT molecular complexity index is 643. The maximum absolute atomic E-state index is 11.5. The van der Waals surface area contributed by atoms with Crippen LogP contribution < -0.4 is 0 Å². The van der Waals surface area contributed by atoms with Gasteiger partial charge < -0.3 is 5.11 Å². The molecule has 1 heterocycles. The van der Waals surface area contributed by atoms with Gasteiger partial charge in [-0.2, -0.15) is 4.80 Å². The second kappa shape index (κ2) is 5.46. The number of aromatic nitrogens is 4. The summed E-state index contributed by atoms with van der Waals surface area (Å²) in [6.07, 6.45) is 1.37. The first-order valence-corrected chi connectivity index (χ1v) is 6.79. The predicted octanol–water partition coefficient (Wildman–Crippen LogP) is 2.17. The third-order valence-corrected chi connectivity index (χ3v) is 3.74. The minimum Gasteiger partial charge on any atom is -0.378 e. The van der Waals surface area contributed by atoms with Crippen LogP contribution in [0.4, 0.5) is 0 Å². The second-order valence-electron chi connectivity index (χ2n) is 4.93. The van der Waals surface area contributed by atoms with Gasteiger partial charge in [0.25, 0.3) is 0 Å². The molecular weight excluding hydrogens is 264 g/mol. The lowest BCUT2D eigenvalue weighted by atomic mass is 9.81. The zero-order chi connectivity index (χ0) is 14.7. The van der Waals surface area contributed by atoms with Crippen LogP contribution in [-0.2, 0) is 5.60 Å². The Morgan fingerprint density at radius 3 is 1.90 bits per heavy atom. The molecule has 0 amide bonds. The van der Waals surface area contributed by atoms with Crippen LogP contribution in [0, 0.1) is 0 Å². The van der Waals surface area contributed by atoms with Crippen LogP contribution in [-0.4, -0.2) is 25.3 Å². The van der Waals surface area contributed by atoms with Crippen LogP contribution in [0.25, 0.3) is 0 Å². The van der Waals surface area contributed by atoms with E-state index in [9.17, 15) is 5.11 Å². The average Bonchev–Trinajstić information content (AvgIpc) is 3.09. The molecule has 106 valence electrons. The highest BCUT2D eigenvalue weighted by Crippen LogP contribution is 2.38. The smallest absolute Gasteiger partial charge is 0.162 e. The van der Waals surface area contributed by atoms with Gasteiger partial charge in [-0.3, -0.25) is 0 Å². The van der Waals surface area contributed by atoms with Gasteiger partial charge in [-0.05, 0) is 23.3 Å². The molecule has 3 rings (SSSR count). The van der Waals surface area contributed by atoms with E-state index in [-0.39, 0.29) is 0 Å². The van der Waals surface area contributed by atoms with E-state index in [0.717, 1.165) is 11.1 Å². The lowest BCUT2D eigenvalue weighted by Crippen LogP contribution is -2.37. The lowest BCUT2D eigenvalue weighted by Gasteiger charge is -2.34. The molecule has 3 aromatic rings. The van der Waals surface area contributed by atoms with E-state index < -0.39 is 11.6 Å². The molecule has 0 aliphatic heterocycles. The summed E-state index contributed by atoms with van der Waals surface area (Å²) in [5, 5.41) is 23.2. The molecule has 0 fully saturated rings. The molecule has 0 bridgehead atoms. The van der Waals surface area contributed by atoms with Gasteiger partial charge in [0.15, 0.2) is 6.33 Å². The van der Waals surface area contributed by atoms with Gasteiger partial charge in [0.2, 0.25) is 0 Å². The highest BCUT2D eigenvalue weighted by molar-refractivity contribution is 5.37. The Morgan fingerprint density at radius 1 is 0.952 bits per heavy atom. The number of aliphatic hydroxyl groups is 1. The molecule has 21 heavy (non-hydrogen) atoms. The zero-order valence-electron chi connectivity index (χ0n) is 11.7. The zero-order valence-corrected chi connectivity index (χ0v) is 11.7. The molecule has 5 heteroatoms. The lowest BCUT2D eigenvalue weighted by molar-refractivity contribution is 0.0183. The Balaban J connectivity index is 2.16. The molecule has 0 aliphatic rings.